The van der Waals surface area contributed by atoms with Gasteiger partial charge in [0.2, 0.25) is 0 Å². The van der Waals surface area contributed by atoms with E-state index in [1.165, 1.54) is 45.3 Å². The van der Waals surface area contributed by atoms with E-state index in [0.717, 1.165) is 6.54 Å². The number of hydrogen-bond donors (Lipinski definition) is 1. The van der Waals surface area contributed by atoms with Crippen LogP contribution in [0.2, 0.25) is 0 Å². The Morgan fingerprint density at radius 2 is 1.69 bits per heavy atom. The highest BCUT2D eigenvalue weighted by Crippen LogP contribution is 1.95. The van der Waals surface area contributed by atoms with Crippen LogP contribution >= 0.6 is 0 Å². The lowest BCUT2D eigenvalue weighted by Gasteiger charge is -2.15. The summed E-state index contributed by atoms with van der Waals surface area (Å²) in [6.45, 7) is 9.21. The van der Waals surface area contributed by atoms with Crippen molar-refractivity contribution in [2.45, 2.75) is 39.5 Å². The van der Waals surface area contributed by atoms with E-state index in [-0.39, 0.29) is 0 Å². The van der Waals surface area contributed by atoms with Gasteiger partial charge < -0.3 is 10.2 Å². The van der Waals surface area contributed by atoms with Gasteiger partial charge in [-0.25, -0.2) is 0 Å². The molecule has 0 bridgehead atoms. The van der Waals surface area contributed by atoms with Gasteiger partial charge in [0.15, 0.2) is 0 Å². The Labute approximate surface area is 83.7 Å². The van der Waals surface area contributed by atoms with Gasteiger partial charge in [0.1, 0.15) is 0 Å². The van der Waals surface area contributed by atoms with Gasteiger partial charge in [-0.3, -0.25) is 0 Å². The summed E-state index contributed by atoms with van der Waals surface area (Å²) >= 11 is 0. The third-order valence-electron chi connectivity index (χ3n) is 2.29. The van der Waals surface area contributed by atoms with E-state index < -0.39 is 0 Å². The van der Waals surface area contributed by atoms with Crippen LogP contribution in [0.15, 0.2) is 0 Å². The van der Waals surface area contributed by atoms with E-state index in [9.17, 15) is 0 Å². The first-order valence-electron chi connectivity index (χ1n) is 5.70. The summed E-state index contributed by atoms with van der Waals surface area (Å²) in [6, 6.07) is 0. The maximum Gasteiger partial charge on any atom is -0.00213 e. The first-order valence-corrected chi connectivity index (χ1v) is 5.70. The second kappa shape index (κ2) is 10.0. The van der Waals surface area contributed by atoms with Crippen LogP contribution in [0.4, 0.5) is 0 Å². The van der Waals surface area contributed by atoms with E-state index in [1.54, 1.807) is 0 Å². The lowest BCUT2D eigenvalue weighted by molar-refractivity contribution is 0.319. The molecule has 1 N–H and O–H groups in total. The number of nitrogens with one attached hydrogen (secondary N) is 1. The second-order valence-electron chi connectivity index (χ2n) is 3.72. The first kappa shape index (κ1) is 12.9. The van der Waals surface area contributed by atoms with Crippen molar-refractivity contribution in [1.29, 1.82) is 0 Å². The van der Waals surface area contributed by atoms with Crippen molar-refractivity contribution in [1.82, 2.24) is 10.2 Å². The number of unbranched alkanes of at least 4 members (excludes halogenated alkanes) is 2. The van der Waals surface area contributed by atoms with Gasteiger partial charge in [-0.1, -0.05) is 20.3 Å². The first-order chi connectivity index (χ1) is 6.31. The predicted molar refractivity (Wildman–Crippen MR) is 60.2 cm³/mol. The second-order valence-corrected chi connectivity index (χ2v) is 3.72. The largest absolute Gasteiger partial charge is 0.317 e. The van der Waals surface area contributed by atoms with Crippen LogP contribution in [0, 0.1) is 0 Å². The molecule has 0 fully saturated rings. The van der Waals surface area contributed by atoms with Crippen molar-refractivity contribution in [2.75, 3.05) is 33.2 Å². The smallest absolute Gasteiger partial charge is 0.00213 e. The van der Waals surface area contributed by atoms with Crippen LogP contribution in [0.5, 0.6) is 0 Å². The number of rotatable bonds is 9. The summed E-state index contributed by atoms with van der Waals surface area (Å²) in [4.78, 5) is 2.44. The van der Waals surface area contributed by atoms with Gasteiger partial charge in [0.05, 0.1) is 0 Å². The van der Waals surface area contributed by atoms with Crippen molar-refractivity contribution in [2.24, 2.45) is 0 Å². The fraction of sp³-hybridized carbons (Fsp3) is 1.00. The summed E-state index contributed by atoms with van der Waals surface area (Å²) in [5, 5.41) is 3.35. The van der Waals surface area contributed by atoms with E-state index in [1.807, 2.05) is 0 Å². The predicted octanol–water partition coefficient (Wildman–Crippen LogP) is 2.11. The molecular weight excluding hydrogens is 160 g/mol. The molecule has 2 nitrogen and oxygen atoms in total. The zero-order valence-electron chi connectivity index (χ0n) is 9.60. The van der Waals surface area contributed by atoms with Gasteiger partial charge in [-0.2, -0.15) is 0 Å². The molecule has 0 amide bonds. The lowest BCUT2D eigenvalue weighted by Crippen LogP contribution is -2.22. The number of nitrogens with zero attached hydrogens (tertiary/aromatic N) is 1. The summed E-state index contributed by atoms with van der Waals surface area (Å²) in [7, 11) is 2.23. The fourth-order valence-corrected chi connectivity index (χ4v) is 1.35. The fourth-order valence-electron chi connectivity index (χ4n) is 1.35. The zero-order chi connectivity index (χ0) is 9.94. The molecule has 0 aromatic rings. The van der Waals surface area contributed by atoms with Crippen molar-refractivity contribution in [3.05, 3.63) is 0 Å². The Balaban J connectivity index is 3.03. The van der Waals surface area contributed by atoms with E-state index >= 15 is 0 Å². The monoisotopic (exact) mass is 186 g/mol. The topological polar surface area (TPSA) is 15.3 Å². The lowest BCUT2D eigenvalue weighted by atomic mass is 10.2. The van der Waals surface area contributed by atoms with E-state index in [2.05, 4.69) is 31.1 Å². The normalized spacial score (nSPS) is 11.1. The SMILES string of the molecule is CCCCN(C)CCCCNCC. The van der Waals surface area contributed by atoms with Gasteiger partial charge >= 0.3 is 0 Å². The molecule has 80 valence electrons. The highest BCUT2D eigenvalue weighted by molar-refractivity contribution is 4.53. The minimum absolute atomic E-state index is 1.10. The minimum Gasteiger partial charge on any atom is -0.317 e. The quantitative estimate of drug-likeness (QED) is 0.555. The van der Waals surface area contributed by atoms with Crippen LogP contribution in [0.25, 0.3) is 0 Å². The van der Waals surface area contributed by atoms with Crippen LogP contribution in [-0.4, -0.2) is 38.1 Å². The highest BCUT2D eigenvalue weighted by Gasteiger charge is 1.96. The molecule has 0 aliphatic carbocycles. The molecule has 0 heterocycles. The van der Waals surface area contributed by atoms with E-state index in [0.29, 0.717) is 0 Å². The molecule has 0 radical (unpaired) electrons. The van der Waals surface area contributed by atoms with Crippen LogP contribution in [0.3, 0.4) is 0 Å². The minimum atomic E-state index is 1.10. The molecule has 0 spiro atoms. The van der Waals surface area contributed by atoms with Crippen molar-refractivity contribution in [3.8, 4) is 0 Å². The zero-order valence-corrected chi connectivity index (χ0v) is 9.60. The Hall–Kier alpha value is -0.0800. The molecule has 0 atom stereocenters. The molecule has 0 aliphatic heterocycles. The Kier molecular flexibility index (Phi) is 9.94. The molecule has 0 rings (SSSR count). The Bertz CT molecular complexity index is 94.1. The molecule has 2 heteroatoms. The molecular formula is C11H26N2. The van der Waals surface area contributed by atoms with Crippen LogP contribution in [-0.2, 0) is 0 Å². The Morgan fingerprint density at radius 3 is 2.31 bits per heavy atom. The van der Waals surface area contributed by atoms with Crippen molar-refractivity contribution in [3.63, 3.8) is 0 Å². The molecule has 0 aromatic heterocycles. The standard InChI is InChI=1S/C11H26N2/c1-4-6-10-13(3)11-8-7-9-12-5-2/h12H,4-11H2,1-3H3. The van der Waals surface area contributed by atoms with Gasteiger partial charge in [-0.05, 0) is 52.5 Å². The van der Waals surface area contributed by atoms with E-state index in [4.69, 9.17) is 0 Å². The molecule has 0 unspecified atom stereocenters. The molecule has 0 saturated carbocycles. The maximum absolute atomic E-state index is 3.35. The maximum atomic E-state index is 3.35. The average molecular weight is 186 g/mol. The Morgan fingerprint density at radius 1 is 1.00 bits per heavy atom. The molecule has 0 aromatic carbocycles. The number of hydrogen-bond acceptors (Lipinski definition) is 2. The molecule has 0 aliphatic rings. The van der Waals surface area contributed by atoms with Gasteiger partial charge in [0, 0.05) is 0 Å². The molecule has 13 heavy (non-hydrogen) atoms. The van der Waals surface area contributed by atoms with Crippen LogP contribution < -0.4 is 5.32 Å². The summed E-state index contributed by atoms with van der Waals surface area (Å²) in [5.41, 5.74) is 0. The summed E-state index contributed by atoms with van der Waals surface area (Å²) in [6.07, 6.45) is 5.28. The van der Waals surface area contributed by atoms with Gasteiger partial charge in [0.25, 0.3) is 0 Å². The van der Waals surface area contributed by atoms with Crippen LogP contribution in [0.1, 0.15) is 39.5 Å². The van der Waals surface area contributed by atoms with Crippen molar-refractivity contribution >= 4 is 0 Å². The van der Waals surface area contributed by atoms with Crippen molar-refractivity contribution < 1.29 is 0 Å². The third-order valence-corrected chi connectivity index (χ3v) is 2.29. The highest BCUT2D eigenvalue weighted by atomic mass is 15.1. The summed E-state index contributed by atoms with van der Waals surface area (Å²) in [5.74, 6) is 0. The average Bonchev–Trinajstić information content (AvgIpc) is 2.14. The summed E-state index contributed by atoms with van der Waals surface area (Å²) < 4.78 is 0. The third kappa shape index (κ3) is 9.84. The van der Waals surface area contributed by atoms with Gasteiger partial charge in [-0.15, -0.1) is 0 Å². The molecule has 0 saturated heterocycles.